The van der Waals surface area contributed by atoms with Crippen LogP contribution in [-0.2, 0) is 13.3 Å². The monoisotopic (exact) mass is 362 g/mol. The Hall–Kier alpha value is -0.183. The first-order chi connectivity index (χ1) is 10.8. The Bertz CT molecular complexity index is 284. The van der Waals surface area contributed by atoms with Crippen LogP contribution in [0.3, 0.4) is 0 Å². The number of hydrogen-bond donors (Lipinski definition) is 0. The zero-order valence-corrected chi connectivity index (χ0v) is 15.4. The van der Waals surface area contributed by atoms with E-state index in [0.717, 1.165) is 32.1 Å². The second-order valence-electron chi connectivity index (χ2n) is 5.45. The molecule has 0 aliphatic heterocycles. The topological polar surface area (TPSA) is 27.7 Å². The van der Waals surface area contributed by atoms with Crippen LogP contribution in [0.25, 0.3) is 0 Å². The molecule has 0 rings (SSSR count). The van der Waals surface area contributed by atoms with E-state index in [2.05, 4.69) is 0 Å². The minimum absolute atomic E-state index is 0.104. The average molecular weight is 362 g/mol. The molecule has 140 valence electrons. The van der Waals surface area contributed by atoms with Gasteiger partial charge in [0.05, 0.1) is 6.67 Å². The third-order valence-electron chi connectivity index (χ3n) is 3.37. The first-order valence-corrected chi connectivity index (χ1v) is 10.1. The lowest BCUT2D eigenvalue weighted by Gasteiger charge is -2.32. The Morgan fingerprint density at radius 2 is 1.35 bits per heavy atom. The summed E-state index contributed by atoms with van der Waals surface area (Å²) in [6.45, 7) is 4.12. The van der Waals surface area contributed by atoms with E-state index in [-0.39, 0.29) is 19.9 Å². The zero-order chi connectivity index (χ0) is 17.8. The van der Waals surface area contributed by atoms with Gasteiger partial charge in [0, 0.05) is 19.3 Å². The molecular weight excluding hydrogens is 332 g/mol. The van der Waals surface area contributed by atoms with Gasteiger partial charge in [0.1, 0.15) is 0 Å². The smallest absolute Gasteiger partial charge is 0.368 e. The fourth-order valence-corrected chi connectivity index (χ4v) is 4.37. The lowest BCUT2D eigenvalue weighted by atomic mass is 10.1. The van der Waals surface area contributed by atoms with E-state index in [1.54, 1.807) is 6.92 Å². The second kappa shape index (κ2) is 12.2. The summed E-state index contributed by atoms with van der Waals surface area (Å²) in [7, 11) is -4.69. The van der Waals surface area contributed by atoms with Gasteiger partial charge in [-0.15, -0.1) is 0 Å². The lowest BCUT2D eigenvalue weighted by molar-refractivity contribution is -0.140. The third-order valence-corrected chi connectivity index (χ3v) is 6.11. The number of halogens is 4. The van der Waals surface area contributed by atoms with Crippen LogP contribution in [0.2, 0.25) is 0 Å². The molecule has 0 amide bonds. The molecule has 0 aliphatic rings. The number of unbranched alkanes of at least 4 members (excludes halogenated alkanes) is 5. The molecule has 0 aromatic carbocycles. The molecule has 0 radical (unpaired) electrons. The van der Waals surface area contributed by atoms with Gasteiger partial charge >= 0.3 is 14.6 Å². The molecular formula is C15H30F4O3Si. The Balaban J connectivity index is 4.30. The van der Waals surface area contributed by atoms with Crippen molar-refractivity contribution in [3.8, 4) is 0 Å². The molecule has 0 saturated carbocycles. The summed E-state index contributed by atoms with van der Waals surface area (Å²) < 4.78 is 67.0. The minimum atomic E-state index is -4.69. The van der Waals surface area contributed by atoms with E-state index in [4.69, 9.17) is 13.3 Å². The maximum atomic E-state index is 13.3. The van der Waals surface area contributed by atoms with Crippen LogP contribution >= 0.6 is 0 Å². The normalized spacial score (nSPS) is 14.2. The molecule has 0 aromatic rings. The highest BCUT2D eigenvalue weighted by Crippen LogP contribution is 2.33. The van der Waals surface area contributed by atoms with Gasteiger partial charge in [0.2, 0.25) is 0 Å². The molecule has 0 spiro atoms. The van der Waals surface area contributed by atoms with E-state index in [9.17, 15) is 17.6 Å². The van der Waals surface area contributed by atoms with E-state index >= 15 is 0 Å². The van der Waals surface area contributed by atoms with Crippen LogP contribution in [0.1, 0.15) is 65.7 Å². The summed E-state index contributed by atoms with van der Waals surface area (Å²) >= 11 is 0. The predicted octanol–water partition coefficient (Wildman–Crippen LogP) is 5.21. The van der Waals surface area contributed by atoms with Crippen molar-refractivity contribution in [1.82, 2.24) is 0 Å². The number of hydrogen-bond acceptors (Lipinski definition) is 3. The lowest BCUT2D eigenvalue weighted by Crippen LogP contribution is -2.60. The molecule has 8 heteroatoms. The maximum absolute atomic E-state index is 13.3. The van der Waals surface area contributed by atoms with Crippen molar-refractivity contribution in [3.05, 3.63) is 0 Å². The van der Waals surface area contributed by atoms with Gasteiger partial charge in [0.25, 0.3) is 0 Å². The fraction of sp³-hybridized carbons (Fsp3) is 1.00. The molecule has 1 unspecified atom stereocenters. The van der Waals surface area contributed by atoms with Crippen LogP contribution in [0.4, 0.5) is 17.6 Å². The molecule has 0 heterocycles. The Morgan fingerprint density at radius 1 is 0.870 bits per heavy atom. The first-order valence-electron chi connectivity index (χ1n) is 8.41. The molecule has 0 bridgehead atoms. The van der Waals surface area contributed by atoms with Gasteiger partial charge in [-0.05, 0) is 33.6 Å². The number of alkyl halides is 4. The van der Waals surface area contributed by atoms with E-state index in [1.165, 1.54) is 13.8 Å². The van der Waals surface area contributed by atoms with Gasteiger partial charge < -0.3 is 13.3 Å². The number of rotatable bonds is 14. The molecule has 0 aromatic heterocycles. The highest BCUT2D eigenvalue weighted by atomic mass is 28.4. The molecule has 0 N–H and O–H groups in total. The van der Waals surface area contributed by atoms with E-state index in [0.29, 0.717) is 12.8 Å². The SMILES string of the molecule is CCO[Si](OCC)(OC(C)CCCCCCCCF)C(F)(F)F. The Labute approximate surface area is 138 Å². The van der Waals surface area contributed by atoms with Crippen molar-refractivity contribution in [2.24, 2.45) is 0 Å². The van der Waals surface area contributed by atoms with Crippen LogP contribution in [0.5, 0.6) is 0 Å². The highest BCUT2D eigenvalue weighted by molar-refractivity contribution is 6.63. The summed E-state index contributed by atoms with van der Waals surface area (Å²) in [5.74, 6) is -4.63. The van der Waals surface area contributed by atoms with Gasteiger partial charge in [-0.25, -0.2) is 0 Å². The average Bonchev–Trinajstić information content (AvgIpc) is 2.45. The molecule has 3 nitrogen and oxygen atoms in total. The van der Waals surface area contributed by atoms with Crippen molar-refractivity contribution < 1.29 is 30.8 Å². The van der Waals surface area contributed by atoms with Crippen LogP contribution in [0, 0.1) is 0 Å². The van der Waals surface area contributed by atoms with Gasteiger partial charge in [0.15, 0.2) is 0 Å². The van der Waals surface area contributed by atoms with Crippen molar-refractivity contribution in [2.75, 3.05) is 19.9 Å². The van der Waals surface area contributed by atoms with Crippen molar-refractivity contribution in [2.45, 2.75) is 77.6 Å². The molecule has 1 atom stereocenters. The molecule has 0 saturated heterocycles. The summed E-state index contributed by atoms with van der Waals surface area (Å²) in [6, 6.07) is 0. The molecule has 0 fully saturated rings. The van der Waals surface area contributed by atoms with E-state index in [1.807, 2.05) is 0 Å². The fourth-order valence-electron chi connectivity index (χ4n) is 2.28. The van der Waals surface area contributed by atoms with Gasteiger partial charge in [-0.3, -0.25) is 4.39 Å². The van der Waals surface area contributed by atoms with Gasteiger partial charge in [-0.2, -0.15) is 13.2 Å². The standard InChI is InChI=1S/C15H30F4O3Si/c1-4-20-23(21-5-2,15(17,18)19)22-14(3)12-10-8-6-7-9-11-13-16/h14H,4-13H2,1-3H3. The quantitative estimate of drug-likeness (QED) is 0.241. The summed E-state index contributed by atoms with van der Waals surface area (Å²) in [4.78, 5) is 0. The second-order valence-corrected chi connectivity index (χ2v) is 7.94. The van der Waals surface area contributed by atoms with Crippen LogP contribution in [0.15, 0.2) is 0 Å². The van der Waals surface area contributed by atoms with Crippen LogP contribution < -0.4 is 0 Å². The summed E-state index contributed by atoms with van der Waals surface area (Å²) in [5.41, 5.74) is 0. The van der Waals surface area contributed by atoms with Gasteiger partial charge in [-0.1, -0.05) is 32.1 Å². The van der Waals surface area contributed by atoms with Crippen molar-refractivity contribution >= 4 is 8.80 Å². The largest absolute Gasteiger partial charge is 0.616 e. The highest BCUT2D eigenvalue weighted by Gasteiger charge is 2.67. The third kappa shape index (κ3) is 9.02. The summed E-state index contributed by atoms with van der Waals surface area (Å²) in [5, 5.41) is 0. The zero-order valence-electron chi connectivity index (χ0n) is 14.4. The minimum Gasteiger partial charge on any atom is -0.368 e. The molecule has 23 heavy (non-hydrogen) atoms. The first kappa shape index (κ1) is 22.8. The predicted molar refractivity (Wildman–Crippen MR) is 83.9 cm³/mol. The van der Waals surface area contributed by atoms with Crippen LogP contribution in [-0.4, -0.2) is 40.6 Å². The Kier molecular flexibility index (Phi) is 12.1. The Morgan fingerprint density at radius 3 is 1.78 bits per heavy atom. The molecule has 0 aliphatic carbocycles. The summed E-state index contributed by atoms with van der Waals surface area (Å²) in [6.07, 6.45) is 5.00. The van der Waals surface area contributed by atoms with Crippen molar-refractivity contribution in [1.29, 1.82) is 0 Å². The van der Waals surface area contributed by atoms with E-state index < -0.39 is 20.7 Å². The van der Waals surface area contributed by atoms with Crippen molar-refractivity contribution in [3.63, 3.8) is 0 Å². The maximum Gasteiger partial charge on any atom is 0.616 e.